The summed E-state index contributed by atoms with van der Waals surface area (Å²) in [6.07, 6.45) is 10.9. The Morgan fingerprint density at radius 2 is 1.22 bits per heavy atom. The highest BCUT2D eigenvalue weighted by molar-refractivity contribution is 6.34. The van der Waals surface area contributed by atoms with Crippen LogP contribution in [-0.4, -0.2) is 47.2 Å². The predicted octanol–water partition coefficient (Wildman–Crippen LogP) is 5.24. The monoisotopic (exact) mass is 495 g/mol. The standard InChI is InChI=1S/C28H33NO7/c30-17-9-7-5-3-1-2-4-6-8-10-18-36-28(35)20-11-14-22(15-12-20)29-25(31)23-16-13-21(27(33)34)19-24(23)26(29)32/h11-16,19,30H,1-10,17-18H2,(H,33,34). The van der Waals surface area contributed by atoms with Gasteiger partial charge in [-0.2, -0.15) is 0 Å². The average molecular weight is 496 g/mol. The highest BCUT2D eigenvalue weighted by atomic mass is 16.5. The number of carboxylic acids is 1. The van der Waals surface area contributed by atoms with Crippen LogP contribution < -0.4 is 4.90 Å². The van der Waals surface area contributed by atoms with Gasteiger partial charge in [0, 0.05) is 6.61 Å². The van der Waals surface area contributed by atoms with Crippen LogP contribution in [0.5, 0.6) is 0 Å². The SMILES string of the molecule is O=C(O)c1ccc2c(c1)C(=O)N(c1ccc(C(=O)OCCCCCCCCCCCCO)cc1)C2=O. The Balaban J connectivity index is 1.40. The summed E-state index contributed by atoms with van der Waals surface area (Å²) in [7, 11) is 0. The van der Waals surface area contributed by atoms with Crippen molar-refractivity contribution in [3.8, 4) is 0 Å². The topological polar surface area (TPSA) is 121 Å². The quantitative estimate of drug-likeness (QED) is 0.197. The molecule has 1 aliphatic rings. The first-order valence-corrected chi connectivity index (χ1v) is 12.6. The van der Waals surface area contributed by atoms with E-state index in [0.29, 0.717) is 17.9 Å². The fourth-order valence-electron chi connectivity index (χ4n) is 4.23. The number of carboxylic acid groups (broad SMARTS) is 1. The molecule has 2 amide bonds. The molecule has 0 fully saturated rings. The number of benzene rings is 2. The van der Waals surface area contributed by atoms with E-state index in [0.717, 1.165) is 37.0 Å². The third kappa shape index (κ3) is 7.01. The molecular formula is C28H33NO7. The van der Waals surface area contributed by atoms with E-state index in [1.54, 1.807) is 0 Å². The lowest BCUT2D eigenvalue weighted by atomic mass is 10.1. The van der Waals surface area contributed by atoms with Gasteiger partial charge in [0.25, 0.3) is 11.8 Å². The maximum atomic E-state index is 12.8. The maximum absolute atomic E-state index is 12.8. The second kappa shape index (κ2) is 13.5. The number of nitrogens with zero attached hydrogens (tertiary/aromatic N) is 1. The Hall–Kier alpha value is -3.52. The molecule has 0 aromatic heterocycles. The van der Waals surface area contributed by atoms with Crippen molar-refractivity contribution in [1.82, 2.24) is 0 Å². The zero-order valence-corrected chi connectivity index (χ0v) is 20.4. The van der Waals surface area contributed by atoms with E-state index in [1.165, 1.54) is 74.6 Å². The second-order valence-corrected chi connectivity index (χ2v) is 8.95. The van der Waals surface area contributed by atoms with Crippen LogP contribution in [0.2, 0.25) is 0 Å². The van der Waals surface area contributed by atoms with Crippen molar-refractivity contribution in [1.29, 1.82) is 0 Å². The number of carbonyl (C=O) groups excluding carboxylic acids is 3. The summed E-state index contributed by atoms with van der Waals surface area (Å²) in [6.45, 7) is 0.621. The van der Waals surface area contributed by atoms with Gasteiger partial charge < -0.3 is 14.9 Å². The smallest absolute Gasteiger partial charge is 0.338 e. The molecule has 192 valence electrons. The normalized spacial score (nSPS) is 12.6. The molecule has 2 N–H and O–H groups in total. The number of rotatable bonds is 15. The molecule has 0 bridgehead atoms. The molecule has 8 nitrogen and oxygen atoms in total. The minimum atomic E-state index is -1.18. The third-order valence-electron chi connectivity index (χ3n) is 6.28. The van der Waals surface area contributed by atoms with E-state index in [9.17, 15) is 19.2 Å². The van der Waals surface area contributed by atoms with Crippen LogP contribution in [0, 0.1) is 0 Å². The lowest BCUT2D eigenvalue weighted by molar-refractivity contribution is 0.0497. The van der Waals surface area contributed by atoms with Crippen molar-refractivity contribution in [2.45, 2.75) is 64.2 Å². The lowest BCUT2D eigenvalue weighted by Gasteiger charge is -2.14. The largest absolute Gasteiger partial charge is 0.478 e. The predicted molar refractivity (Wildman–Crippen MR) is 135 cm³/mol. The number of esters is 1. The maximum Gasteiger partial charge on any atom is 0.338 e. The van der Waals surface area contributed by atoms with Crippen LogP contribution in [0.3, 0.4) is 0 Å². The van der Waals surface area contributed by atoms with Crippen LogP contribution in [0.1, 0.15) is 106 Å². The van der Waals surface area contributed by atoms with Gasteiger partial charge in [-0.25, -0.2) is 14.5 Å². The van der Waals surface area contributed by atoms with Gasteiger partial charge in [-0.05, 0) is 55.3 Å². The first kappa shape index (κ1) is 27.1. The first-order chi connectivity index (χ1) is 17.4. The Morgan fingerprint density at radius 1 is 0.694 bits per heavy atom. The molecule has 0 radical (unpaired) electrons. The molecular weight excluding hydrogens is 462 g/mol. The van der Waals surface area contributed by atoms with Gasteiger partial charge in [-0.15, -0.1) is 0 Å². The highest BCUT2D eigenvalue weighted by Gasteiger charge is 2.37. The number of anilines is 1. The van der Waals surface area contributed by atoms with Crippen molar-refractivity contribution < 1.29 is 34.1 Å². The van der Waals surface area contributed by atoms with Gasteiger partial charge in [0.05, 0.1) is 34.5 Å². The molecule has 3 rings (SSSR count). The minimum Gasteiger partial charge on any atom is -0.478 e. The number of ether oxygens (including phenoxy) is 1. The number of fused-ring (bicyclic) bond motifs is 1. The Bertz CT molecular complexity index is 1080. The van der Waals surface area contributed by atoms with Gasteiger partial charge in [0.2, 0.25) is 0 Å². The van der Waals surface area contributed by atoms with Crippen molar-refractivity contribution >= 4 is 29.4 Å². The average Bonchev–Trinajstić information content (AvgIpc) is 3.13. The molecule has 0 aliphatic carbocycles. The number of unbranched alkanes of at least 4 members (excludes halogenated alkanes) is 9. The molecule has 36 heavy (non-hydrogen) atoms. The van der Waals surface area contributed by atoms with Gasteiger partial charge >= 0.3 is 11.9 Å². The fourth-order valence-corrected chi connectivity index (χ4v) is 4.23. The van der Waals surface area contributed by atoms with E-state index >= 15 is 0 Å². The highest BCUT2D eigenvalue weighted by Crippen LogP contribution is 2.29. The van der Waals surface area contributed by atoms with Crippen LogP contribution in [-0.2, 0) is 4.74 Å². The van der Waals surface area contributed by atoms with Gasteiger partial charge in [-0.1, -0.05) is 51.4 Å². The lowest BCUT2D eigenvalue weighted by Crippen LogP contribution is -2.29. The van der Waals surface area contributed by atoms with Gasteiger partial charge in [-0.3, -0.25) is 9.59 Å². The number of carbonyl (C=O) groups is 4. The molecule has 0 unspecified atom stereocenters. The van der Waals surface area contributed by atoms with Crippen LogP contribution in [0.15, 0.2) is 42.5 Å². The Kier molecular flexibility index (Phi) is 10.2. The number of amides is 2. The van der Waals surface area contributed by atoms with Crippen molar-refractivity contribution in [2.75, 3.05) is 18.1 Å². The number of aliphatic hydroxyl groups is 1. The van der Waals surface area contributed by atoms with E-state index in [-0.39, 0.29) is 23.3 Å². The van der Waals surface area contributed by atoms with Crippen LogP contribution in [0.25, 0.3) is 0 Å². The van der Waals surface area contributed by atoms with E-state index in [2.05, 4.69) is 0 Å². The third-order valence-corrected chi connectivity index (χ3v) is 6.28. The van der Waals surface area contributed by atoms with Gasteiger partial charge in [0.1, 0.15) is 0 Å². The molecule has 2 aromatic rings. The molecule has 2 aromatic carbocycles. The Morgan fingerprint density at radius 3 is 1.81 bits per heavy atom. The fraction of sp³-hybridized carbons (Fsp3) is 0.429. The summed E-state index contributed by atoms with van der Waals surface area (Å²) < 4.78 is 5.34. The molecule has 0 atom stereocenters. The minimum absolute atomic E-state index is 0.0430. The van der Waals surface area contributed by atoms with Crippen LogP contribution >= 0.6 is 0 Å². The summed E-state index contributed by atoms with van der Waals surface area (Å²) in [5.41, 5.74) is 0.737. The molecule has 1 aliphatic heterocycles. The molecule has 0 spiro atoms. The number of hydrogen-bond acceptors (Lipinski definition) is 6. The van der Waals surface area contributed by atoms with Crippen molar-refractivity contribution in [3.63, 3.8) is 0 Å². The summed E-state index contributed by atoms with van der Waals surface area (Å²) in [4.78, 5) is 49.9. The van der Waals surface area contributed by atoms with Crippen LogP contribution in [0.4, 0.5) is 5.69 Å². The van der Waals surface area contributed by atoms with Crippen molar-refractivity contribution in [2.24, 2.45) is 0 Å². The summed E-state index contributed by atoms with van der Waals surface area (Å²) in [5.74, 6) is -2.78. The van der Waals surface area contributed by atoms with Crippen molar-refractivity contribution in [3.05, 3.63) is 64.7 Å². The van der Waals surface area contributed by atoms with E-state index in [4.69, 9.17) is 14.9 Å². The van der Waals surface area contributed by atoms with E-state index in [1.807, 2.05) is 0 Å². The summed E-state index contributed by atoms with van der Waals surface area (Å²) in [5, 5.41) is 17.9. The summed E-state index contributed by atoms with van der Waals surface area (Å²) in [6, 6.07) is 9.84. The number of imide groups is 1. The van der Waals surface area contributed by atoms with Gasteiger partial charge in [0.15, 0.2) is 0 Å². The first-order valence-electron chi connectivity index (χ1n) is 12.6. The molecule has 1 heterocycles. The molecule has 8 heteroatoms. The zero-order chi connectivity index (χ0) is 25.9. The van der Waals surface area contributed by atoms with E-state index < -0.39 is 23.8 Å². The number of hydrogen-bond donors (Lipinski definition) is 2. The molecule has 0 saturated carbocycles. The number of aromatic carboxylic acids is 1. The zero-order valence-electron chi connectivity index (χ0n) is 20.4. The number of aliphatic hydroxyl groups excluding tert-OH is 1. The summed E-state index contributed by atoms with van der Waals surface area (Å²) >= 11 is 0. The molecule has 0 saturated heterocycles. The second-order valence-electron chi connectivity index (χ2n) is 8.95. The Labute approximate surface area is 210 Å².